The first-order valence-electron chi connectivity index (χ1n) is 6.68. The van der Waals surface area contributed by atoms with Crippen molar-refractivity contribution in [2.75, 3.05) is 12.8 Å². The molecule has 2 unspecified atom stereocenters. The van der Waals surface area contributed by atoms with E-state index in [0.29, 0.717) is 0 Å². The Balaban J connectivity index is 3.31. The molecular formula is C15H25NO2S. The first-order valence-corrected chi connectivity index (χ1v) is 8.64. The lowest BCUT2D eigenvalue weighted by molar-refractivity contribution is 0.511. The van der Waals surface area contributed by atoms with Crippen molar-refractivity contribution in [3.63, 3.8) is 0 Å². The summed E-state index contributed by atoms with van der Waals surface area (Å²) in [5, 5.41) is 2.88. The van der Waals surface area contributed by atoms with Gasteiger partial charge in [-0.3, -0.25) is 0 Å². The molecule has 0 heterocycles. The summed E-state index contributed by atoms with van der Waals surface area (Å²) in [6.07, 6.45) is 1.30. The maximum Gasteiger partial charge on any atom is 0.151 e. The second-order valence-corrected chi connectivity index (χ2v) is 7.77. The summed E-state index contributed by atoms with van der Waals surface area (Å²) in [6, 6.07) is 4.09. The quantitative estimate of drug-likeness (QED) is 0.903. The average Bonchev–Trinajstić information content (AvgIpc) is 2.29. The molecule has 0 aliphatic rings. The van der Waals surface area contributed by atoms with E-state index < -0.39 is 15.1 Å². The SMILES string of the molecule is CCNC(c1cc(C)c(C)cc1C)C(C)S(C)(=O)=O. The van der Waals surface area contributed by atoms with Crippen LogP contribution in [0.15, 0.2) is 12.1 Å². The molecule has 1 aromatic rings. The Morgan fingerprint density at radius 2 is 1.63 bits per heavy atom. The van der Waals surface area contributed by atoms with Gasteiger partial charge in [-0.15, -0.1) is 0 Å². The van der Waals surface area contributed by atoms with Crippen molar-refractivity contribution in [3.8, 4) is 0 Å². The third-order valence-electron chi connectivity index (χ3n) is 3.79. The van der Waals surface area contributed by atoms with Crippen LogP contribution in [0.2, 0.25) is 0 Å². The third-order valence-corrected chi connectivity index (χ3v) is 5.41. The van der Waals surface area contributed by atoms with Crippen LogP contribution in [0, 0.1) is 20.8 Å². The van der Waals surface area contributed by atoms with Crippen LogP contribution in [0.25, 0.3) is 0 Å². The number of benzene rings is 1. The van der Waals surface area contributed by atoms with Gasteiger partial charge in [-0.25, -0.2) is 8.42 Å². The molecule has 0 aromatic heterocycles. The molecule has 0 radical (unpaired) electrons. The lowest BCUT2D eigenvalue weighted by Crippen LogP contribution is -2.35. The zero-order chi connectivity index (χ0) is 14.8. The summed E-state index contributed by atoms with van der Waals surface area (Å²) in [4.78, 5) is 0. The molecule has 0 bridgehead atoms. The highest BCUT2D eigenvalue weighted by atomic mass is 32.2. The molecule has 0 saturated carbocycles. The van der Waals surface area contributed by atoms with E-state index in [1.54, 1.807) is 6.92 Å². The Hall–Kier alpha value is -0.870. The number of hydrogen-bond acceptors (Lipinski definition) is 3. The van der Waals surface area contributed by atoms with Gasteiger partial charge in [0.15, 0.2) is 9.84 Å². The molecule has 1 aromatic carbocycles. The van der Waals surface area contributed by atoms with Gasteiger partial charge in [0, 0.05) is 12.3 Å². The summed E-state index contributed by atoms with van der Waals surface area (Å²) in [6.45, 7) is 10.7. The van der Waals surface area contributed by atoms with Crippen molar-refractivity contribution in [2.45, 2.75) is 45.9 Å². The van der Waals surface area contributed by atoms with Crippen molar-refractivity contribution in [3.05, 3.63) is 34.4 Å². The van der Waals surface area contributed by atoms with E-state index in [4.69, 9.17) is 0 Å². The van der Waals surface area contributed by atoms with Gasteiger partial charge in [-0.05, 0) is 56.5 Å². The highest BCUT2D eigenvalue weighted by Crippen LogP contribution is 2.27. The molecule has 0 amide bonds. The Bertz CT molecular complexity index is 550. The summed E-state index contributed by atoms with van der Waals surface area (Å²) in [5.41, 5.74) is 4.67. The van der Waals surface area contributed by atoms with E-state index in [0.717, 1.165) is 17.7 Å². The normalized spacial score (nSPS) is 15.3. The maximum absolute atomic E-state index is 11.8. The Morgan fingerprint density at radius 3 is 2.11 bits per heavy atom. The number of aryl methyl sites for hydroxylation is 3. The predicted octanol–water partition coefficient (Wildman–Crippen LogP) is 2.70. The van der Waals surface area contributed by atoms with E-state index in [9.17, 15) is 8.42 Å². The number of sulfone groups is 1. The van der Waals surface area contributed by atoms with Crippen LogP contribution in [0.3, 0.4) is 0 Å². The van der Waals surface area contributed by atoms with Crippen LogP contribution in [0.1, 0.15) is 42.1 Å². The van der Waals surface area contributed by atoms with Crippen LogP contribution < -0.4 is 5.32 Å². The molecule has 0 saturated heterocycles. The molecule has 0 spiro atoms. The van der Waals surface area contributed by atoms with Gasteiger partial charge in [0.2, 0.25) is 0 Å². The Morgan fingerprint density at radius 1 is 1.11 bits per heavy atom. The van der Waals surface area contributed by atoms with Crippen LogP contribution in [0.4, 0.5) is 0 Å². The minimum atomic E-state index is -3.07. The lowest BCUT2D eigenvalue weighted by Gasteiger charge is -2.26. The van der Waals surface area contributed by atoms with Gasteiger partial charge in [0.05, 0.1) is 5.25 Å². The summed E-state index contributed by atoms with van der Waals surface area (Å²) in [7, 11) is -3.07. The van der Waals surface area contributed by atoms with Crippen LogP contribution in [-0.4, -0.2) is 26.5 Å². The van der Waals surface area contributed by atoms with Crippen molar-refractivity contribution in [1.82, 2.24) is 5.32 Å². The monoisotopic (exact) mass is 283 g/mol. The third kappa shape index (κ3) is 3.80. The largest absolute Gasteiger partial charge is 0.309 e. The van der Waals surface area contributed by atoms with E-state index in [-0.39, 0.29) is 6.04 Å². The highest BCUT2D eigenvalue weighted by Gasteiger charge is 2.27. The molecule has 1 N–H and O–H groups in total. The molecule has 0 aliphatic carbocycles. The van der Waals surface area contributed by atoms with E-state index in [2.05, 4.69) is 31.3 Å². The smallest absolute Gasteiger partial charge is 0.151 e. The van der Waals surface area contributed by atoms with Gasteiger partial charge >= 0.3 is 0 Å². The Labute approximate surface area is 117 Å². The molecule has 0 fully saturated rings. The second-order valence-electron chi connectivity index (χ2n) is 5.36. The van der Waals surface area contributed by atoms with Crippen molar-refractivity contribution >= 4 is 9.84 Å². The second kappa shape index (κ2) is 6.06. The molecule has 2 atom stereocenters. The van der Waals surface area contributed by atoms with Crippen LogP contribution in [-0.2, 0) is 9.84 Å². The fourth-order valence-corrected chi connectivity index (χ4v) is 3.05. The highest BCUT2D eigenvalue weighted by molar-refractivity contribution is 7.91. The minimum absolute atomic E-state index is 0.153. The van der Waals surface area contributed by atoms with Gasteiger partial charge < -0.3 is 5.32 Å². The molecule has 0 aliphatic heterocycles. The van der Waals surface area contributed by atoms with Gasteiger partial charge in [-0.1, -0.05) is 19.1 Å². The number of nitrogens with one attached hydrogen (secondary N) is 1. The van der Waals surface area contributed by atoms with E-state index >= 15 is 0 Å². The Kier molecular flexibility index (Phi) is 5.16. The van der Waals surface area contributed by atoms with Crippen molar-refractivity contribution < 1.29 is 8.42 Å². The van der Waals surface area contributed by atoms with Crippen LogP contribution >= 0.6 is 0 Å². The van der Waals surface area contributed by atoms with Crippen molar-refractivity contribution in [2.24, 2.45) is 0 Å². The summed E-state index contributed by atoms with van der Waals surface area (Å²) < 4.78 is 23.7. The lowest BCUT2D eigenvalue weighted by atomic mass is 9.94. The molecule has 19 heavy (non-hydrogen) atoms. The van der Waals surface area contributed by atoms with Crippen LogP contribution in [0.5, 0.6) is 0 Å². The number of rotatable bonds is 5. The fraction of sp³-hybridized carbons (Fsp3) is 0.600. The predicted molar refractivity (Wildman–Crippen MR) is 81.4 cm³/mol. The molecule has 3 nitrogen and oxygen atoms in total. The first-order chi connectivity index (χ1) is 8.68. The number of hydrogen-bond donors (Lipinski definition) is 1. The zero-order valence-electron chi connectivity index (χ0n) is 12.7. The standard InChI is InChI=1S/C15H25NO2S/c1-7-16-15(13(5)19(6,17)18)14-9-11(3)10(2)8-12(14)4/h8-9,13,15-16H,7H2,1-6H3. The maximum atomic E-state index is 11.8. The fourth-order valence-electron chi connectivity index (χ4n) is 2.31. The molecule has 108 valence electrons. The molecule has 4 heteroatoms. The van der Waals surface area contributed by atoms with Gasteiger partial charge in [0.1, 0.15) is 0 Å². The molecule has 1 rings (SSSR count). The zero-order valence-corrected chi connectivity index (χ0v) is 13.6. The van der Waals surface area contributed by atoms with Crippen molar-refractivity contribution in [1.29, 1.82) is 0 Å². The summed E-state index contributed by atoms with van der Waals surface area (Å²) in [5.74, 6) is 0. The average molecular weight is 283 g/mol. The molecular weight excluding hydrogens is 258 g/mol. The summed E-state index contributed by atoms with van der Waals surface area (Å²) >= 11 is 0. The van der Waals surface area contributed by atoms with E-state index in [1.165, 1.54) is 17.4 Å². The van der Waals surface area contributed by atoms with Gasteiger partial charge in [-0.2, -0.15) is 0 Å². The minimum Gasteiger partial charge on any atom is -0.309 e. The van der Waals surface area contributed by atoms with Gasteiger partial charge in [0.25, 0.3) is 0 Å². The van der Waals surface area contributed by atoms with E-state index in [1.807, 2.05) is 13.8 Å². The first kappa shape index (κ1) is 16.2. The topological polar surface area (TPSA) is 46.2 Å².